The van der Waals surface area contributed by atoms with Crippen LogP contribution in [0.2, 0.25) is 0 Å². The molecule has 28 heavy (non-hydrogen) atoms. The normalized spacial score (nSPS) is 13.5. The van der Waals surface area contributed by atoms with Crippen molar-refractivity contribution in [2.24, 2.45) is 0 Å². The van der Waals surface area contributed by atoms with E-state index in [2.05, 4.69) is 50.0 Å². The van der Waals surface area contributed by atoms with Gasteiger partial charge in [0.1, 0.15) is 5.82 Å². The summed E-state index contributed by atoms with van der Waals surface area (Å²) in [5.41, 5.74) is 5.25. The van der Waals surface area contributed by atoms with Gasteiger partial charge in [-0.25, -0.2) is 9.97 Å². The fourth-order valence-corrected chi connectivity index (χ4v) is 4.90. The number of nitrogens with zero attached hydrogens (tertiary/aromatic N) is 5. The maximum atomic E-state index is 4.80. The predicted molar refractivity (Wildman–Crippen MR) is 111 cm³/mol. The Kier molecular flexibility index (Phi) is 3.81. The Balaban J connectivity index is 0.00000171. The second kappa shape index (κ2) is 6.14. The smallest absolute Gasteiger partial charge is 0.181 e. The van der Waals surface area contributed by atoms with Gasteiger partial charge in [0.05, 0.1) is 16.7 Å². The van der Waals surface area contributed by atoms with E-state index in [4.69, 9.17) is 4.98 Å². The molecule has 0 spiro atoms. The van der Waals surface area contributed by atoms with Crippen LogP contribution >= 0.6 is 11.3 Å². The van der Waals surface area contributed by atoms with Gasteiger partial charge in [0.2, 0.25) is 0 Å². The van der Waals surface area contributed by atoms with E-state index in [-0.39, 0.29) is 20.1 Å². The van der Waals surface area contributed by atoms with Crippen LogP contribution in [0.1, 0.15) is 0 Å². The van der Waals surface area contributed by atoms with Gasteiger partial charge in [-0.1, -0.05) is 18.7 Å². The summed E-state index contributed by atoms with van der Waals surface area (Å²) >= 11 is 1.67. The van der Waals surface area contributed by atoms with E-state index in [9.17, 15) is 0 Å². The van der Waals surface area contributed by atoms with E-state index in [0.717, 1.165) is 49.2 Å². The fourth-order valence-electron chi connectivity index (χ4n) is 3.77. The van der Waals surface area contributed by atoms with Crippen LogP contribution in [-0.2, 0) is 20.1 Å². The van der Waals surface area contributed by atoms with Gasteiger partial charge in [0, 0.05) is 33.3 Å². The Hall–Kier alpha value is -2.73. The number of rotatable bonds is 1. The van der Waals surface area contributed by atoms with E-state index in [1.165, 1.54) is 0 Å². The third kappa shape index (κ3) is 2.15. The molecule has 0 fully saturated rings. The number of thiazole rings is 1. The van der Waals surface area contributed by atoms with Gasteiger partial charge in [-0.3, -0.25) is 0 Å². The largest absolute Gasteiger partial charge is 0.328 e. The first-order valence-corrected chi connectivity index (χ1v) is 9.44. The van der Waals surface area contributed by atoms with Gasteiger partial charge >= 0.3 is 0 Å². The number of pyridine rings is 1. The maximum absolute atomic E-state index is 4.80. The number of para-hydroxylation sites is 2. The minimum atomic E-state index is 0. The third-order valence-corrected chi connectivity index (χ3v) is 6.14. The van der Waals surface area contributed by atoms with Gasteiger partial charge in [-0.2, -0.15) is 23.5 Å². The van der Waals surface area contributed by atoms with E-state index >= 15 is 0 Å². The molecule has 0 bridgehead atoms. The molecular formula is C21H14IrN5S-. The van der Waals surface area contributed by atoms with Crippen LogP contribution in [0.3, 0.4) is 0 Å². The van der Waals surface area contributed by atoms with Crippen LogP contribution in [0.25, 0.3) is 26.2 Å². The molecule has 0 saturated heterocycles. The molecule has 1 aliphatic heterocycles. The number of imidazole rings is 1. The van der Waals surface area contributed by atoms with Crippen LogP contribution in [-0.4, -0.2) is 21.4 Å². The Labute approximate surface area is 178 Å². The van der Waals surface area contributed by atoms with Crippen LogP contribution in [0.4, 0.5) is 17.2 Å². The number of anilines is 3. The molecule has 0 N–H and O–H groups in total. The Morgan fingerprint density at radius 2 is 1.93 bits per heavy atom. The van der Waals surface area contributed by atoms with Crippen LogP contribution in [0.15, 0.2) is 67.1 Å². The zero-order chi connectivity index (χ0) is 18.1. The zero-order valence-corrected chi connectivity index (χ0v) is 18.1. The van der Waals surface area contributed by atoms with E-state index in [1.807, 2.05) is 43.6 Å². The molecule has 1 radical (unpaired) electrons. The molecule has 139 valence electrons. The van der Waals surface area contributed by atoms with E-state index in [0.29, 0.717) is 0 Å². The van der Waals surface area contributed by atoms with Crippen molar-refractivity contribution in [2.45, 2.75) is 0 Å². The van der Waals surface area contributed by atoms with Crippen molar-refractivity contribution in [1.82, 2.24) is 14.4 Å². The standard InChI is InChI=1S/C21H14N5S.Ir/c1-13-24(2)18-11-6-12-22-20(18)25(13)16-9-5-10-17-19(16)27-21-23-14-7-3-4-8-15(14)26(17)21;/h3-8,10-12H,1H2,2H3;/q-1;. The van der Waals surface area contributed by atoms with Crippen molar-refractivity contribution < 1.29 is 20.1 Å². The monoisotopic (exact) mass is 561 g/mol. The summed E-state index contributed by atoms with van der Waals surface area (Å²) in [7, 11) is 2.01. The number of aromatic nitrogens is 3. The van der Waals surface area contributed by atoms with Crippen LogP contribution < -0.4 is 9.80 Å². The number of hydrogen-bond donors (Lipinski definition) is 0. The SMILES string of the molecule is C=C1N(C)c2cccnc2N1c1[c-]ccc2c1sc1nc3ccccc3n12.[Ir]. The van der Waals surface area contributed by atoms with Crippen molar-refractivity contribution in [3.05, 3.63) is 73.2 Å². The average Bonchev–Trinajstić information content (AvgIpc) is 3.31. The molecule has 2 aromatic carbocycles. The van der Waals surface area contributed by atoms with Crippen molar-refractivity contribution in [3.8, 4) is 0 Å². The van der Waals surface area contributed by atoms with Gasteiger partial charge in [0.25, 0.3) is 0 Å². The molecule has 4 heterocycles. The molecular weight excluding hydrogens is 547 g/mol. The molecule has 3 aromatic heterocycles. The molecule has 1 aliphatic rings. The summed E-state index contributed by atoms with van der Waals surface area (Å²) in [5.74, 6) is 1.74. The summed E-state index contributed by atoms with van der Waals surface area (Å²) in [6.45, 7) is 4.28. The summed E-state index contributed by atoms with van der Waals surface area (Å²) in [4.78, 5) is 14.5. The first-order chi connectivity index (χ1) is 13.2. The first-order valence-electron chi connectivity index (χ1n) is 8.62. The Morgan fingerprint density at radius 1 is 1.07 bits per heavy atom. The van der Waals surface area contributed by atoms with Gasteiger partial charge < -0.3 is 14.2 Å². The summed E-state index contributed by atoms with van der Waals surface area (Å²) in [6.07, 6.45) is 1.81. The molecule has 0 aliphatic carbocycles. The van der Waals surface area contributed by atoms with Crippen LogP contribution in [0, 0.1) is 6.07 Å². The number of hydrogen-bond acceptors (Lipinski definition) is 5. The van der Waals surface area contributed by atoms with Gasteiger partial charge in [-0.15, -0.1) is 6.07 Å². The molecule has 7 heteroatoms. The fraction of sp³-hybridized carbons (Fsp3) is 0.0476. The summed E-state index contributed by atoms with van der Waals surface area (Å²) < 4.78 is 3.34. The van der Waals surface area contributed by atoms with Crippen molar-refractivity contribution in [1.29, 1.82) is 0 Å². The van der Waals surface area contributed by atoms with Crippen molar-refractivity contribution >= 4 is 54.7 Å². The topological polar surface area (TPSA) is 36.7 Å². The molecule has 0 saturated carbocycles. The van der Waals surface area contributed by atoms with Crippen molar-refractivity contribution in [2.75, 3.05) is 16.8 Å². The Bertz CT molecular complexity index is 1390. The van der Waals surface area contributed by atoms with Gasteiger partial charge in [-0.05, 0) is 40.2 Å². The average molecular weight is 561 g/mol. The number of benzene rings is 2. The molecule has 5 aromatic rings. The van der Waals surface area contributed by atoms with E-state index < -0.39 is 0 Å². The Morgan fingerprint density at radius 3 is 2.82 bits per heavy atom. The molecule has 6 rings (SSSR count). The molecule has 5 nitrogen and oxygen atoms in total. The molecule has 0 atom stereocenters. The maximum Gasteiger partial charge on any atom is 0.181 e. The second-order valence-electron chi connectivity index (χ2n) is 6.52. The van der Waals surface area contributed by atoms with E-state index in [1.54, 1.807) is 11.3 Å². The minimum Gasteiger partial charge on any atom is -0.328 e. The number of fused-ring (bicyclic) bond motifs is 6. The molecule has 0 amide bonds. The predicted octanol–water partition coefficient (Wildman–Crippen LogP) is 4.95. The zero-order valence-electron chi connectivity index (χ0n) is 14.9. The minimum absolute atomic E-state index is 0. The summed E-state index contributed by atoms with van der Waals surface area (Å²) in [6, 6.07) is 19.7. The van der Waals surface area contributed by atoms with Gasteiger partial charge in [0.15, 0.2) is 10.8 Å². The molecule has 0 unspecified atom stereocenters. The first kappa shape index (κ1) is 17.4. The van der Waals surface area contributed by atoms with Crippen LogP contribution in [0.5, 0.6) is 0 Å². The summed E-state index contributed by atoms with van der Waals surface area (Å²) in [5, 5.41) is 0. The quantitative estimate of drug-likeness (QED) is 0.272. The second-order valence-corrected chi connectivity index (χ2v) is 7.50. The third-order valence-electron chi connectivity index (χ3n) is 5.08. The van der Waals surface area contributed by atoms with Crippen molar-refractivity contribution in [3.63, 3.8) is 0 Å².